The molecule has 36 heavy (non-hydrogen) atoms. The van der Waals surface area contributed by atoms with Crippen LogP contribution in [0, 0.1) is 0 Å². The van der Waals surface area contributed by atoms with E-state index in [9.17, 15) is 9.59 Å². The molecule has 0 saturated heterocycles. The number of rotatable bonds is 13. The van der Waals surface area contributed by atoms with Gasteiger partial charge in [-0.25, -0.2) is 4.40 Å². The van der Waals surface area contributed by atoms with Gasteiger partial charge in [-0.3, -0.25) is 9.59 Å². The van der Waals surface area contributed by atoms with E-state index in [1.54, 1.807) is 36.4 Å². The number of aliphatic hydroxyl groups excluding tert-OH is 1. The molecule has 0 spiro atoms. The summed E-state index contributed by atoms with van der Waals surface area (Å²) in [5.74, 6) is -0.00805. The summed E-state index contributed by atoms with van der Waals surface area (Å²) in [6.45, 7) is 3.76. The Bertz CT molecular complexity index is 1110. The molecule has 0 aliphatic carbocycles. The van der Waals surface area contributed by atoms with Gasteiger partial charge in [-0.15, -0.1) is 10.2 Å². The highest BCUT2D eigenvalue weighted by Crippen LogP contribution is 2.21. The number of carbonyl (C=O) groups is 2. The van der Waals surface area contributed by atoms with Gasteiger partial charge >= 0.3 is 0 Å². The second kappa shape index (κ2) is 13.5. The van der Waals surface area contributed by atoms with Crippen LogP contribution in [0.3, 0.4) is 0 Å². The third kappa shape index (κ3) is 8.01. The summed E-state index contributed by atoms with van der Waals surface area (Å²) in [5, 5.41) is 22.9. The van der Waals surface area contributed by atoms with Crippen molar-refractivity contribution in [1.82, 2.24) is 25.2 Å². The molecule has 1 atom stereocenters. The minimum Gasteiger partial charge on any atom is -0.468 e. The average molecular weight is 501 g/mol. The highest BCUT2D eigenvalue weighted by molar-refractivity contribution is 5.85. The summed E-state index contributed by atoms with van der Waals surface area (Å²) >= 11 is 0. The standard InChI is InChI=1S/C24H32N6O5.CH4/c1-24(2,25)23(33)27-18(15-34-14-17-8-4-3-5-9-17)22-29-28-19-10-6-11-21(30(19)22)35-16-20(32)26-12-7-13-31;/h3-6,8-11,18,31H,7,12-16,25H2,1-2H3,(H,26,32)(H,27,33);1H4/t18-;/m1./s1. The Morgan fingerprint density at radius 2 is 1.89 bits per heavy atom. The highest BCUT2D eigenvalue weighted by atomic mass is 16.5. The number of nitrogens with two attached hydrogens (primary N) is 1. The Labute approximate surface area is 211 Å². The molecule has 0 aliphatic heterocycles. The van der Waals surface area contributed by atoms with Gasteiger partial charge in [0.25, 0.3) is 5.91 Å². The normalized spacial score (nSPS) is 12.0. The molecule has 2 aromatic heterocycles. The zero-order chi connectivity index (χ0) is 25.3. The fourth-order valence-corrected chi connectivity index (χ4v) is 3.16. The predicted octanol–water partition coefficient (Wildman–Crippen LogP) is 1.35. The van der Waals surface area contributed by atoms with Crippen molar-refractivity contribution in [3.05, 3.63) is 59.9 Å². The maximum Gasteiger partial charge on any atom is 0.258 e. The van der Waals surface area contributed by atoms with Crippen molar-refractivity contribution >= 4 is 17.5 Å². The van der Waals surface area contributed by atoms with E-state index in [0.717, 1.165) is 5.56 Å². The maximum absolute atomic E-state index is 12.7. The molecular weight excluding hydrogens is 464 g/mol. The van der Waals surface area contributed by atoms with Crippen LogP contribution >= 0.6 is 0 Å². The molecule has 0 saturated carbocycles. The smallest absolute Gasteiger partial charge is 0.258 e. The van der Waals surface area contributed by atoms with Gasteiger partial charge in [-0.1, -0.05) is 43.8 Å². The van der Waals surface area contributed by atoms with Crippen molar-refractivity contribution in [2.24, 2.45) is 5.73 Å². The lowest BCUT2D eigenvalue weighted by molar-refractivity contribution is -0.126. The summed E-state index contributed by atoms with van der Waals surface area (Å²) in [6, 6.07) is 14.1. The number of pyridine rings is 1. The van der Waals surface area contributed by atoms with E-state index in [1.165, 1.54) is 0 Å². The van der Waals surface area contributed by atoms with E-state index >= 15 is 0 Å². The lowest BCUT2D eigenvalue weighted by atomic mass is 10.1. The van der Waals surface area contributed by atoms with Crippen molar-refractivity contribution in [3.63, 3.8) is 0 Å². The second-order valence-corrected chi connectivity index (χ2v) is 8.58. The quantitative estimate of drug-likeness (QED) is 0.257. The molecule has 0 unspecified atom stereocenters. The van der Waals surface area contributed by atoms with Crippen LogP contribution in [0.15, 0.2) is 48.5 Å². The van der Waals surface area contributed by atoms with Crippen LogP contribution in [0.2, 0.25) is 0 Å². The second-order valence-electron chi connectivity index (χ2n) is 8.58. The Balaban J connectivity index is 0.00000456. The van der Waals surface area contributed by atoms with Crippen LogP contribution < -0.4 is 21.1 Å². The Morgan fingerprint density at radius 1 is 1.14 bits per heavy atom. The molecule has 1 aromatic carbocycles. The van der Waals surface area contributed by atoms with Crippen molar-refractivity contribution < 1.29 is 24.2 Å². The molecule has 5 N–H and O–H groups in total. The van der Waals surface area contributed by atoms with Crippen LogP contribution in [-0.4, -0.2) is 63.4 Å². The lowest BCUT2D eigenvalue weighted by Gasteiger charge is -2.24. The zero-order valence-electron chi connectivity index (χ0n) is 19.9. The molecular formula is C25H36N6O5. The Morgan fingerprint density at radius 3 is 2.58 bits per heavy atom. The minimum absolute atomic E-state index is 0. The predicted molar refractivity (Wildman–Crippen MR) is 135 cm³/mol. The summed E-state index contributed by atoms with van der Waals surface area (Å²) in [7, 11) is 0. The minimum atomic E-state index is -1.12. The number of amides is 2. The number of hydrogen-bond acceptors (Lipinski definition) is 8. The molecule has 0 bridgehead atoms. The van der Waals surface area contributed by atoms with Crippen molar-refractivity contribution in [2.75, 3.05) is 26.4 Å². The average Bonchev–Trinajstić information content (AvgIpc) is 3.27. The first-order valence-electron chi connectivity index (χ1n) is 11.4. The fraction of sp³-hybridized carbons (Fsp3) is 0.440. The van der Waals surface area contributed by atoms with Crippen LogP contribution in [0.4, 0.5) is 0 Å². The van der Waals surface area contributed by atoms with Crippen LogP contribution in [-0.2, 0) is 20.9 Å². The van der Waals surface area contributed by atoms with E-state index in [4.69, 9.17) is 20.3 Å². The van der Waals surface area contributed by atoms with Gasteiger partial charge in [0, 0.05) is 13.2 Å². The molecule has 196 valence electrons. The number of aliphatic hydroxyl groups is 1. The molecule has 2 heterocycles. The first-order chi connectivity index (χ1) is 16.8. The van der Waals surface area contributed by atoms with Crippen LogP contribution in [0.1, 0.15) is 45.1 Å². The fourth-order valence-electron chi connectivity index (χ4n) is 3.16. The van der Waals surface area contributed by atoms with E-state index < -0.39 is 11.6 Å². The first-order valence-corrected chi connectivity index (χ1v) is 11.4. The van der Waals surface area contributed by atoms with Gasteiger partial charge in [-0.05, 0) is 38.0 Å². The third-order valence-electron chi connectivity index (χ3n) is 5.02. The molecule has 3 aromatic rings. The van der Waals surface area contributed by atoms with Gasteiger partial charge in [-0.2, -0.15) is 0 Å². The Kier molecular flexibility index (Phi) is 10.8. The number of carbonyl (C=O) groups excluding carboxylic acids is 2. The number of benzene rings is 1. The van der Waals surface area contributed by atoms with Crippen LogP contribution in [0.5, 0.6) is 5.88 Å². The SMILES string of the molecule is C.CC(C)(N)C(=O)N[C@H](COCc1ccccc1)c1nnc2cccc(OCC(=O)NCCCO)n12. The molecule has 0 fully saturated rings. The van der Waals surface area contributed by atoms with E-state index in [1.807, 2.05) is 30.3 Å². The molecule has 11 heteroatoms. The van der Waals surface area contributed by atoms with E-state index in [0.29, 0.717) is 36.9 Å². The molecule has 3 rings (SSSR count). The summed E-state index contributed by atoms with van der Waals surface area (Å²) in [4.78, 5) is 24.8. The lowest BCUT2D eigenvalue weighted by Crippen LogP contribution is -2.51. The number of nitrogens with zero attached hydrogens (tertiary/aromatic N) is 3. The number of ether oxygens (including phenoxy) is 2. The van der Waals surface area contributed by atoms with Crippen molar-refractivity contribution in [3.8, 4) is 5.88 Å². The van der Waals surface area contributed by atoms with Gasteiger partial charge in [0.2, 0.25) is 11.8 Å². The van der Waals surface area contributed by atoms with E-state index in [2.05, 4.69) is 20.8 Å². The van der Waals surface area contributed by atoms with Gasteiger partial charge in [0.15, 0.2) is 18.1 Å². The maximum atomic E-state index is 12.7. The number of hydrogen-bond donors (Lipinski definition) is 4. The van der Waals surface area contributed by atoms with Gasteiger partial charge < -0.3 is 30.9 Å². The summed E-state index contributed by atoms with van der Waals surface area (Å²) in [5.41, 5.74) is 6.34. The monoisotopic (exact) mass is 500 g/mol. The molecule has 11 nitrogen and oxygen atoms in total. The van der Waals surface area contributed by atoms with Crippen LogP contribution in [0.25, 0.3) is 5.65 Å². The first kappa shape index (κ1) is 28.7. The zero-order valence-corrected chi connectivity index (χ0v) is 19.9. The summed E-state index contributed by atoms with van der Waals surface area (Å²) in [6.07, 6.45) is 0.457. The van der Waals surface area contributed by atoms with Crippen molar-refractivity contribution in [2.45, 2.75) is 45.9 Å². The topological polar surface area (TPSA) is 153 Å². The largest absolute Gasteiger partial charge is 0.468 e. The van der Waals surface area contributed by atoms with Gasteiger partial charge in [0.1, 0.15) is 6.04 Å². The molecule has 2 amide bonds. The number of aromatic nitrogens is 3. The van der Waals surface area contributed by atoms with Crippen molar-refractivity contribution in [1.29, 1.82) is 0 Å². The molecule has 0 radical (unpaired) electrons. The highest BCUT2D eigenvalue weighted by Gasteiger charge is 2.28. The van der Waals surface area contributed by atoms with Gasteiger partial charge in [0.05, 0.1) is 18.8 Å². The van der Waals surface area contributed by atoms with E-state index in [-0.39, 0.29) is 39.1 Å². The molecule has 0 aliphatic rings. The summed E-state index contributed by atoms with van der Waals surface area (Å²) < 4.78 is 13.3. The number of fused-ring (bicyclic) bond motifs is 1. The number of nitrogens with one attached hydrogen (secondary N) is 2. The third-order valence-corrected chi connectivity index (χ3v) is 5.02. The Hall–Kier alpha value is -3.54.